The van der Waals surface area contributed by atoms with E-state index in [1.807, 2.05) is 24.3 Å². The van der Waals surface area contributed by atoms with Gasteiger partial charge in [-0.15, -0.1) is 6.58 Å². The van der Waals surface area contributed by atoms with Crippen molar-refractivity contribution in [2.75, 3.05) is 20.2 Å². The number of rotatable bonds is 4. The number of pyridine rings is 1. The summed E-state index contributed by atoms with van der Waals surface area (Å²) in [6.45, 7) is 11.4. The first-order valence-corrected chi connectivity index (χ1v) is 11.1. The number of carboxylic acid groups (broad SMARTS) is 1. The second kappa shape index (κ2) is 9.88. The van der Waals surface area contributed by atoms with Crippen LogP contribution in [-0.2, 0) is 0 Å². The highest BCUT2D eigenvalue weighted by molar-refractivity contribution is 5.84. The Bertz CT molecular complexity index is 956. The van der Waals surface area contributed by atoms with Gasteiger partial charge in [-0.2, -0.15) is 0 Å². The highest BCUT2D eigenvalue weighted by Crippen LogP contribution is 2.42. The molecular weight excluding hydrogens is 406 g/mol. The van der Waals surface area contributed by atoms with Crippen LogP contribution in [0.25, 0.3) is 10.9 Å². The molecule has 3 N–H and O–H groups in total. The van der Waals surface area contributed by atoms with Crippen LogP contribution in [0.1, 0.15) is 45.3 Å². The number of carbonyl (C=O) groups is 1. The van der Waals surface area contributed by atoms with E-state index >= 15 is 0 Å². The second-order valence-corrected chi connectivity index (χ2v) is 9.65. The van der Waals surface area contributed by atoms with Crippen molar-refractivity contribution < 1.29 is 19.7 Å². The van der Waals surface area contributed by atoms with E-state index in [9.17, 15) is 9.90 Å². The molecule has 0 spiro atoms. The molecule has 0 unspecified atom stereocenters. The number of aliphatic hydroxyl groups excluding tert-OH is 1. The predicted molar refractivity (Wildman–Crippen MR) is 126 cm³/mol. The van der Waals surface area contributed by atoms with Gasteiger partial charge >= 0.3 is 6.09 Å². The van der Waals surface area contributed by atoms with Crippen molar-refractivity contribution >= 4 is 17.0 Å². The van der Waals surface area contributed by atoms with Crippen LogP contribution in [-0.4, -0.2) is 58.0 Å². The molecule has 1 aromatic carbocycles. The number of amides is 1. The number of methoxy groups -OCH3 is 1. The van der Waals surface area contributed by atoms with Crippen molar-refractivity contribution in [1.82, 2.24) is 15.2 Å². The number of ether oxygens (including phenoxy) is 1. The average molecular weight is 442 g/mol. The number of nitrogens with one attached hydrogen (secondary N) is 1. The van der Waals surface area contributed by atoms with Crippen molar-refractivity contribution in [3.05, 3.63) is 48.7 Å². The third kappa shape index (κ3) is 5.58. The molecule has 3 aliphatic rings. The number of aromatic nitrogens is 1. The fourth-order valence-corrected chi connectivity index (χ4v) is 4.77. The maximum absolute atomic E-state index is 11.2. The quantitative estimate of drug-likeness (QED) is 0.615. The minimum absolute atomic E-state index is 0.178. The Labute approximate surface area is 190 Å². The summed E-state index contributed by atoms with van der Waals surface area (Å²) >= 11 is 0. The Hall–Kier alpha value is -2.64. The number of aliphatic hydroxyl groups is 1. The molecular formula is C25H35N3O4. The minimum atomic E-state index is -0.975. The lowest BCUT2D eigenvalue weighted by molar-refractivity contribution is -0.0444. The molecule has 1 aromatic heterocycles. The molecule has 174 valence electrons. The molecule has 2 bridgehead atoms. The maximum Gasteiger partial charge on any atom is 0.405 e. The van der Waals surface area contributed by atoms with Gasteiger partial charge in [0.05, 0.1) is 18.7 Å². The Kier molecular flexibility index (Phi) is 7.41. The number of hydrogen-bond acceptors (Lipinski definition) is 5. The number of nitrogens with zero attached hydrogens (tertiary/aromatic N) is 2. The SMILES string of the molecule is C=C[C@H]1C[N@]2CC[C@H]1C[C@@H]2[C@H](O)c1ccnc2ccc(OC)cc12.CC(C)(C)NC(=O)O. The van der Waals surface area contributed by atoms with E-state index in [2.05, 4.69) is 27.9 Å². The third-order valence-corrected chi connectivity index (χ3v) is 6.30. The van der Waals surface area contributed by atoms with Gasteiger partial charge in [-0.1, -0.05) is 6.08 Å². The molecule has 5 atom stereocenters. The number of fused-ring (bicyclic) bond motifs is 4. The average Bonchev–Trinajstić information content (AvgIpc) is 2.76. The molecule has 1 amide bonds. The van der Waals surface area contributed by atoms with Crippen LogP contribution in [0.4, 0.5) is 4.79 Å². The summed E-state index contributed by atoms with van der Waals surface area (Å²) in [5, 5.41) is 22.6. The summed E-state index contributed by atoms with van der Waals surface area (Å²) in [6, 6.07) is 7.96. The lowest BCUT2D eigenvalue weighted by Gasteiger charge is -2.50. The van der Waals surface area contributed by atoms with Gasteiger partial charge in [0.1, 0.15) is 5.75 Å². The van der Waals surface area contributed by atoms with E-state index in [1.165, 1.54) is 6.42 Å². The fraction of sp³-hybridized carbons (Fsp3) is 0.520. The Morgan fingerprint density at radius 3 is 2.66 bits per heavy atom. The molecule has 3 saturated heterocycles. The van der Waals surface area contributed by atoms with E-state index in [0.29, 0.717) is 11.8 Å². The van der Waals surface area contributed by atoms with Crippen LogP contribution in [0, 0.1) is 11.8 Å². The van der Waals surface area contributed by atoms with E-state index in [1.54, 1.807) is 34.1 Å². The molecule has 3 aliphatic heterocycles. The van der Waals surface area contributed by atoms with Crippen molar-refractivity contribution in [2.24, 2.45) is 11.8 Å². The minimum Gasteiger partial charge on any atom is -0.497 e. The van der Waals surface area contributed by atoms with Gasteiger partial charge in [-0.3, -0.25) is 9.88 Å². The summed E-state index contributed by atoms with van der Waals surface area (Å²) in [7, 11) is 1.66. The molecule has 7 heteroatoms. The number of piperidine rings is 3. The molecule has 3 fully saturated rings. The number of hydrogen-bond donors (Lipinski definition) is 3. The lowest BCUT2D eigenvalue weighted by Crippen LogP contribution is -2.54. The maximum atomic E-state index is 11.2. The first-order valence-electron chi connectivity index (χ1n) is 11.1. The smallest absolute Gasteiger partial charge is 0.405 e. The highest BCUT2D eigenvalue weighted by Gasteiger charge is 2.42. The van der Waals surface area contributed by atoms with Crippen LogP contribution in [0.2, 0.25) is 0 Å². The van der Waals surface area contributed by atoms with Gasteiger partial charge in [0.2, 0.25) is 0 Å². The van der Waals surface area contributed by atoms with Gasteiger partial charge in [0.15, 0.2) is 0 Å². The van der Waals surface area contributed by atoms with Crippen LogP contribution in [0.15, 0.2) is 43.1 Å². The van der Waals surface area contributed by atoms with Crippen molar-refractivity contribution in [1.29, 1.82) is 0 Å². The van der Waals surface area contributed by atoms with Gasteiger partial charge in [-0.05, 0) is 81.8 Å². The molecule has 2 aromatic rings. The zero-order valence-corrected chi connectivity index (χ0v) is 19.4. The summed E-state index contributed by atoms with van der Waals surface area (Å²) in [6.07, 6.45) is 4.65. The van der Waals surface area contributed by atoms with Crippen LogP contribution in [0.3, 0.4) is 0 Å². The lowest BCUT2D eigenvalue weighted by atomic mass is 9.73. The topological polar surface area (TPSA) is 94.9 Å². The zero-order chi connectivity index (χ0) is 23.5. The third-order valence-electron chi connectivity index (χ3n) is 6.30. The standard InChI is InChI=1S/C20H24N2O2.C5H11NO2/c1-3-13-12-22-9-7-14(13)10-19(22)20(23)16-6-8-21-18-5-4-15(24-2)11-17(16)18;1-5(2,3)6-4(7)8/h3-6,8,11,13-14,19-20,23H,1,7,9-10,12H2,2H3;6H,1-3H3,(H,7,8)/t13-,14-,19+,20+;/m0./s1. The summed E-state index contributed by atoms with van der Waals surface area (Å²) in [5.74, 6) is 2.01. The van der Waals surface area contributed by atoms with Crippen molar-refractivity contribution in [3.63, 3.8) is 0 Å². The molecule has 0 saturated carbocycles. The van der Waals surface area contributed by atoms with E-state index in [-0.39, 0.29) is 11.6 Å². The predicted octanol–water partition coefficient (Wildman–Crippen LogP) is 4.23. The van der Waals surface area contributed by atoms with Gasteiger partial charge in [0.25, 0.3) is 0 Å². The normalized spacial score (nSPS) is 25.4. The van der Waals surface area contributed by atoms with Gasteiger partial charge < -0.3 is 20.3 Å². The Balaban J connectivity index is 0.000000312. The molecule has 0 aliphatic carbocycles. The van der Waals surface area contributed by atoms with E-state index < -0.39 is 12.2 Å². The largest absolute Gasteiger partial charge is 0.497 e. The number of benzene rings is 1. The molecule has 5 rings (SSSR count). The highest BCUT2D eigenvalue weighted by atomic mass is 16.5. The summed E-state index contributed by atoms with van der Waals surface area (Å²) < 4.78 is 5.35. The molecule has 7 nitrogen and oxygen atoms in total. The monoisotopic (exact) mass is 441 g/mol. The van der Waals surface area contributed by atoms with E-state index in [4.69, 9.17) is 9.84 Å². The molecule has 32 heavy (non-hydrogen) atoms. The van der Waals surface area contributed by atoms with Gasteiger partial charge in [0, 0.05) is 29.7 Å². The van der Waals surface area contributed by atoms with Crippen LogP contribution >= 0.6 is 0 Å². The summed E-state index contributed by atoms with van der Waals surface area (Å²) in [4.78, 5) is 16.8. The second-order valence-electron chi connectivity index (χ2n) is 9.65. The fourth-order valence-electron chi connectivity index (χ4n) is 4.77. The van der Waals surface area contributed by atoms with Gasteiger partial charge in [-0.25, -0.2) is 4.79 Å². The zero-order valence-electron chi connectivity index (χ0n) is 19.4. The summed E-state index contributed by atoms with van der Waals surface area (Å²) in [5.41, 5.74) is 1.52. The van der Waals surface area contributed by atoms with Crippen LogP contribution < -0.4 is 10.1 Å². The van der Waals surface area contributed by atoms with E-state index in [0.717, 1.165) is 41.7 Å². The molecule has 4 heterocycles. The first-order chi connectivity index (χ1) is 15.1. The van der Waals surface area contributed by atoms with Crippen molar-refractivity contribution in [3.8, 4) is 5.75 Å². The Morgan fingerprint density at radius 2 is 2.12 bits per heavy atom. The molecule has 0 radical (unpaired) electrons. The van der Waals surface area contributed by atoms with Crippen LogP contribution in [0.5, 0.6) is 5.75 Å². The van der Waals surface area contributed by atoms with Crippen molar-refractivity contribution in [2.45, 2.75) is 51.3 Å². The Morgan fingerprint density at radius 1 is 1.38 bits per heavy atom. The first kappa shape index (κ1) is 24.0.